The summed E-state index contributed by atoms with van der Waals surface area (Å²) in [5, 5.41) is 0. The minimum absolute atomic E-state index is 0.0485. The molecular weight excluding hydrogens is 192 g/mol. The zero-order valence-electron chi connectivity index (χ0n) is 8.96. The minimum atomic E-state index is -0.0485. The van der Waals surface area contributed by atoms with Gasteiger partial charge in [0.1, 0.15) is 11.5 Å². The van der Waals surface area contributed by atoms with E-state index in [0.717, 1.165) is 5.57 Å². The molecule has 0 N–H and O–H groups in total. The second-order valence-corrected chi connectivity index (χ2v) is 3.62. The highest BCUT2D eigenvalue weighted by atomic mass is 16.5. The summed E-state index contributed by atoms with van der Waals surface area (Å²) in [6, 6.07) is 5.21. The normalized spacial score (nSPS) is 13.5. The third kappa shape index (κ3) is 1.50. The van der Waals surface area contributed by atoms with Gasteiger partial charge in [0.2, 0.25) is 5.78 Å². The van der Waals surface area contributed by atoms with E-state index in [2.05, 4.69) is 0 Å². The number of ketones is 1. The van der Waals surface area contributed by atoms with E-state index in [4.69, 9.17) is 9.47 Å². The quantitative estimate of drug-likeness (QED) is 0.659. The monoisotopic (exact) mass is 204 g/mol. The highest BCUT2D eigenvalue weighted by Gasteiger charge is 2.28. The van der Waals surface area contributed by atoms with Crippen LogP contribution in [0.25, 0.3) is 0 Å². The summed E-state index contributed by atoms with van der Waals surface area (Å²) in [4.78, 5) is 11.8. The van der Waals surface area contributed by atoms with Crippen molar-refractivity contribution < 1.29 is 14.3 Å². The van der Waals surface area contributed by atoms with Crippen LogP contribution in [0.15, 0.2) is 29.5 Å². The summed E-state index contributed by atoms with van der Waals surface area (Å²) < 4.78 is 10.5. The first-order valence-electron chi connectivity index (χ1n) is 4.71. The molecule has 2 rings (SSSR count). The summed E-state index contributed by atoms with van der Waals surface area (Å²) in [7, 11) is 1.58. The SMILES string of the molecule is COc1ccc2c(c1)OC(=C(C)C)C2=O. The van der Waals surface area contributed by atoms with E-state index in [-0.39, 0.29) is 5.78 Å². The standard InChI is InChI=1S/C12H12O3/c1-7(2)12-11(13)9-5-4-8(14-3)6-10(9)15-12/h4-6H,1-3H3. The van der Waals surface area contributed by atoms with Gasteiger partial charge in [0.05, 0.1) is 12.7 Å². The molecule has 0 radical (unpaired) electrons. The van der Waals surface area contributed by atoms with Crippen molar-refractivity contribution in [3.8, 4) is 11.5 Å². The Kier molecular flexibility index (Phi) is 2.23. The van der Waals surface area contributed by atoms with E-state index in [1.165, 1.54) is 0 Å². The number of hydrogen-bond donors (Lipinski definition) is 0. The highest BCUT2D eigenvalue weighted by Crippen LogP contribution is 2.34. The second-order valence-electron chi connectivity index (χ2n) is 3.62. The summed E-state index contributed by atoms with van der Waals surface area (Å²) in [5.41, 5.74) is 1.49. The van der Waals surface area contributed by atoms with E-state index in [1.807, 2.05) is 13.8 Å². The number of benzene rings is 1. The van der Waals surface area contributed by atoms with Crippen molar-refractivity contribution in [2.24, 2.45) is 0 Å². The Labute approximate surface area is 88.3 Å². The fourth-order valence-corrected chi connectivity index (χ4v) is 1.51. The molecule has 3 heteroatoms. The fourth-order valence-electron chi connectivity index (χ4n) is 1.51. The van der Waals surface area contributed by atoms with Crippen molar-refractivity contribution in [1.82, 2.24) is 0 Å². The molecule has 0 aliphatic carbocycles. The van der Waals surface area contributed by atoms with Crippen LogP contribution in [0, 0.1) is 0 Å². The number of fused-ring (bicyclic) bond motifs is 1. The van der Waals surface area contributed by atoms with Gasteiger partial charge in [-0.2, -0.15) is 0 Å². The number of rotatable bonds is 1. The van der Waals surface area contributed by atoms with Crippen LogP contribution in [0.2, 0.25) is 0 Å². The second kappa shape index (κ2) is 3.42. The number of methoxy groups -OCH3 is 1. The van der Waals surface area contributed by atoms with E-state index >= 15 is 0 Å². The van der Waals surface area contributed by atoms with Gasteiger partial charge in [-0.3, -0.25) is 4.79 Å². The maximum atomic E-state index is 11.8. The Morgan fingerprint density at radius 2 is 2.07 bits per heavy atom. The molecule has 78 valence electrons. The molecule has 0 unspecified atom stereocenters. The predicted octanol–water partition coefficient (Wildman–Crippen LogP) is 2.56. The van der Waals surface area contributed by atoms with Gasteiger partial charge in [-0.15, -0.1) is 0 Å². The average molecular weight is 204 g/mol. The van der Waals surface area contributed by atoms with Crippen LogP contribution in [-0.2, 0) is 0 Å². The van der Waals surface area contributed by atoms with Crippen molar-refractivity contribution in [2.75, 3.05) is 7.11 Å². The van der Waals surface area contributed by atoms with Crippen molar-refractivity contribution in [1.29, 1.82) is 0 Å². The molecule has 3 nitrogen and oxygen atoms in total. The van der Waals surface area contributed by atoms with Gasteiger partial charge in [-0.1, -0.05) is 0 Å². The first-order valence-corrected chi connectivity index (χ1v) is 4.71. The molecule has 15 heavy (non-hydrogen) atoms. The molecular formula is C12H12O3. The number of ether oxygens (including phenoxy) is 2. The maximum absolute atomic E-state index is 11.8. The zero-order chi connectivity index (χ0) is 11.0. The summed E-state index contributed by atoms with van der Waals surface area (Å²) >= 11 is 0. The van der Waals surface area contributed by atoms with Crippen molar-refractivity contribution in [3.05, 3.63) is 35.1 Å². The minimum Gasteiger partial charge on any atom is -0.497 e. The van der Waals surface area contributed by atoms with Crippen LogP contribution < -0.4 is 9.47 Å². The molecule has 0 amide bonds. The van der Waals surface area contributed by atoms with Crippen molar-refractivity contribution in [3.63, 3.8) is 0 Å². The van der Waals surface area contributed by atoms with E-state index in [0.29, 0.717) is 22.8 Å². The van der Waals surface area contributed by atoms with Gasteiger partial charge < -0.3 is 9.47 Å². The van der Waals surface area contributed by atoms with Crippen LogP contribution in [0.4, 0.5) is 0 Å². The van der Waals surface area contributed by atoms with Crippen LogP contribution >= 0.6 is 0 Å². The number of carbonyl (C=O) groups excluding carboxylic acids is 1. The molecule has 0 bridgehead atoms. The number of carbonyl (C=O) groups is 1. The Balaban J connectivity index is 2.50. The van der Waals surface area contributed by atoms with E-state index in [9.17, 15) is 4.79 Å². The van der Waals surface area contributed by atoms with Crippen LogP contribution in [-0.4, -0.2) is 12.9 Å². The summed E-state index contributed by atoms with van der Waals surface area (Å²) in [6.45, 7) is 3.71. The molecule has 1 aromatic carbocycles. The first kappa shape index (κ1) is 9.77. The van der Waals surface area contributed by atoms with Gasteiger partial charge >= 0.3 is 0 Å². The fraction of sp³-hybridized carbons (Fsp3) is 0.250. The molecule has 1 aromatic rings. The van der Waals surface area contributed by atoms with E-state index < -0.39 is 0 Å². The third-order valence-corrected chi connectivity index (χ3v) is 2.31. The molecule has 0 aromatic heterocycles. The van der Waals surface area contributed by atoms with Crippen LogP contribution in [0.3, 0.4) is 0 Å². The smallest absolute Gasteiger partial charge is 0.231 e. The maximum Gasteiger partial charge on any atom is 0.231 e. The Morgan fingerprint density at radius 1 is 1.33 bits per heavy atom. The summed E-state index contributed by atoms with van der Waals surface area (Å²) in [6.07, 6.45) is 0. The van der Waals surface area contributed by atoms with Gasteiger partial charge in [-0.05, 0) is 31.6 Å². The molecule has 1 heterocycles. The van der Waals surface area contributed by atoms with Gasteiger partial charge in [0.25, 0.3) is 0 Å². The predicted molar refractivity (Wildman–Crippen MR) is 56.3 cm³/mol. The van der Waals surface area contributed by atoms with Crippen molar-refractivity contribution >= 4 is 5.78 Å². The van der Waals surface area contributed by atoms with Crippen molar-refractivity contribution in [2.45, 2.75) is 13.8 Å². The lowest BCUT2D eigenvalue weighted by Crippen LogP contribution is -2.00. The van der Waals surface area contributed by atoms with Gasteiger partial charge in [-0.25, -0.2) is 0 Å². The lowest BCUT2D eigenvalue weighted by atomic mass is 10.1. The lowest BCUT2D eigenvalue weighted by Gasteiger charge is -2.01. The Hall–Kier alpha value is -1.77. The topological polar surface area (TPSA) is 35.5 Å². The van der Waals surface area contributed by atoms with Gasteiger partial charge in [0, 0.05) is 6.07 Å². The number of hydrogen-bond acceptors (Lipinski definition) is 3. The van der Waals surface area contributed by atoms with Gasteiger partial charge in [0.15, 0.2) is 5.76 Å². The molecule has 0 saturated heterocycles. The zero-order valence-corrected chi connectivity index (χ0v) is 8.96. The molecule has 0 saturated carbocycles. The largest absolute Gasteiger partial charge is 0.497 e. The average Bonchev–Trinajstić information content (AvgIpc) is 2.55. The molecule has 0 fully saturated rings. The van der Waals surface area contributed by atoms with Crippen LogP contribution in [0.5, 0.6) is 11.5 Å². The molecule has 0 atom stereocenters. The Bertz CT molecular complexity index is 454. The summed E-state index contributed by atoms with van der Waals surface area (Å²) in [5.74, 6) is 1.65. The van der Waals surface area contributed by atoms with E-state index in [1.54, 1.807) is 25.3 Å². The number of allylic oxidation sites excluding steroid dienone is 2. The highest BCUT2D eigenvalue weighted by molar-refractivity contribution is 6.12. The lowest BCUT2D eigenvalue weighted by molar-refractivity contribution is 0.101. The first-order chi connectivity index (χ1) is 7.13. The molecule has 1 aliphatic rings. The Morgan fingerprint density at radius 3 is 2.67 bits per heavy atom. The third-order valence-electron chi connectivity index (χ3n) is 2.31. The number of Topliss-reactive ketones (excluding diaryl/α,β-unsaturated/α-hetero) is 1. The van der Waals surface area contributed by atoms with Crippen LogP contribution in [0.1, 0.15) is 24.2 Å². The molecule has 1 aliphatic heterocycles. The molecule has 0 spiro atoms.